The van der Waals surface area contributed by atoms with Gasteiger partial charge in [-0.05, 0) is 47.7 Å². The number of carboxylic acids is 1. The van der Waals surface area contributed by atoms with Crippen molar-refractivity contribution in [3.8, 4) is 6.07 Å². The smallest absolute Gasteiger partial charge is 0.322 e. The zero-order valence-electron chi connectivity index (χ0n) is 19.7. The van der Waals surface area contributed by atoms with E-state index in [-0.39, 0.29) is 12.5 Å². The molecule has 0 spiro atoms. The fraction of sp³-hybridized carbons (Fsp3) is 0.111. The minimum Gasteiger partial charge on any atom is -0.480 e. The summed E-state index contributed by atoms with van der Waals surface area (Å²) in [4.78, 5) is 35.0. The Morgan fingerprint density at radius 2 is 1.84 bits per heavy atom. The Hall–Kier alpha value is -4.20. The molecule has 2 heterocycles. The van der Waals surface area contributed by atoms with E-state index < -0.39 is 5.97 Å². The molecule has 0 bridgehead atoms. The first-order valence-electron chi connectivity index (χ1n) is 11.3. The Balaban J connectivity index is 1.58. The average molecular weight is 528 g/mol. The minimum atomic E-state index is -1.02. The number of aliphatic carboxylic acids is 1. The van der Waals surface area contributed by atoms with E-state index in [1.807, 2.05) is 66.5 Å². The van der Waals surface area contributed by atoms with Gasteiger partial charge >= 0.3 is 5.97 Å². The SMILES string of the molecule is CN1/C(=C2/S/C(=N\c3cc(C#N)ccc3NCC(=O)O)N(Cc3ccccc3)C2=O)Sc2ccccc21. The fourth-order valence-corrected chi connectivity index (χ4v) is 6.28. The van der Waals surface area contributed by atoms with Crippen molar-refractivity contribution in [2.75, 3.05) is 23.8 Å². The number of aliphatic imine (C=N–C) groups is 1. The third-order valence-corrected chi connectivity index (χ3v) is 8.18. The number of carboxylic acid groups (broad SMARTS) is 1. The maximum Gasteiger partial charge on any atom is 0.322 e. The largest absolute Gasteiger partial charge is 0.480 e. The summed E-state index contributed by atoms with van der Waals surface area (Å²) < 4.78 is 0. The van der Waals surface area contributed by atoms with E-state index in [0.29, 0.717) is 33.6 Å². The van der Waals surface area contributed by atoms with E-state index in [0.717, 1.165) is 21.2 Å². The second-order valence-electron chi connectivity index (χ2n) is 8.23. The second-order valence-corrected chi connectivity index (χ2v) is 10.2. The number of hydrogen-bond donors (Lipinski definition) is 2. The van der Waals surface area contributed by atoms with Gasteiger partial charge in [-0.25, -0.2) is 4.99 Å². The predicted molar refractivity (Wildman–Crippen MR) is 147 cm³/mol. The van der Waals surface area contributed by atoms with Gasteiger partial charge in [0, 0.05) is 11.9 Å². The van der Waals surface area contributed by atoms with Gasteiger partial charge in [-0.3, -0.25) is 14.5 Å². The highest BCUT2D eigenvalue weighted by Crippen LogP contribution is 2.50. The van der Waals surface area contributed by atoms with Gasteiger partial charge < -0.3 is 15.3 Å². The Morgan fingerprint density at radius 3 is 2.57 bits per heavy atom. The first kappa shape index (κ1) is 24.5. The highest BCUT2D eigenvalue weighted by molar-refractivity contribution is 8.19. The van der Waals surface area contributed by atoms with Crippen LogP contribution in [0.15, 0.2) is 92.6 Å². The van der Waals surface area contributed by atoms with Gasteiger partial charge in [0.1, 0.15) is 11.4 Å². The summed E-state index contributed by atoms with van der Waals surface area (Å²) in [6, 6.07) is 24.5. The number of amidine groups is 1. The number of fused-ring (bicyclic) bond motifs is 1. The van der Waals surface area contributed by atoms with Crippen LogP contribution in [0.1, 0.15) is 11.1 Å². The highest BCUT2D eigenvalue weighted by atomic mass is 32.2. The number of nitrogens with one attached hydrogen (secondary N) is 1. The lowest BCUT2D eigenvalue weighted by molar-refractivity contribution is -0.135. The molecule has 0 atom stereocenters. The normalized spacial score (nSPS) is 17.7. The molecule has 0 aliphatic carbocycles. The third kappa shape index (κ3) is 5.05. The molecule has 0 aromatic heterocycles. The van der Waals surface area contributed by atoms with E-state index in [2.05, 4.69) is 11.4 Å². The topological polar surface area (TPSA) is 109 Å². The Morgan fingerprint density at radius 1 is 1.08 bits per heavy atom. The molecule has 8 nitrogen and oxygen atoms in total. The number of hydrogen-bond acceptors (Lipinski definition) is 8. The molecule has 1 amide bonds. The second kappa shape index (κ2) is 10.4. The molecule has 0 unspecified atom stereocenters. The molecular formula is C27H21N5O3S2. The fourth-order valence-electron chi connectivity index (χ4n) is 3.94. The summed E-state index contributed by atoms with van der Waals surface area (Å²) in [6.07, 6.45) is 0. The van der Waals surface area contributed by atoms with Crippen LogP contribution in [0.4, 0.5) is 17.1 Å². The number of thioether (sulfide) groups is 2. The van der Waals surface area contributed by atoms with Crippen molar-refractivity contribution in [1.29, 1.82) is 5.26 Å². The van der Waals surface area contributed by atoms with Gasteiger partial charge in [0.05, 0.1) is 40.3 Å². The van der Waals surface area contributed by atoms with E-state index in [9.17, 15) is 14.9 Å². The number of benzene rings is 3. The van der Waals surface area contributed by atoms with Gasteiger partial charge in [0.25, 0.3) is 5.91 Å². The predicted octanol–water partition coefficient (Wildman–Crippen LogP) is 5.23. The zero-order chi connectivity index (χ0) is 25.9. The van der Waals surface area contributed by atoms with Crippen LogP contribution >= 0.6 is 23.5 Å². The Labute approximate surface area is 222 Å². The lowest BCUT2D eigenvalue weighted by Gasteiger charge is -2.17. The monoisotopic (exact) mass is 527 g/mol. The van der Waals surface area contributed by atoms with Crippen LogP contribution < -0.4 is 10.2 Å². The molecule has 2 aliphatic heterocycles. The quantitative estimate of drug-likeness (QED) is 0.420. The van der Waals surface area contributed by atoms with E-state index in [4.69, 9.17) is 10.1 Å². The van der Waals surface area contributed by atoms with Crippen molar-refractivity contribution in [1.82, 2.24) is 4.90 Å². The van der Waals surface area contributed by atoms with E-state index in [1.54, 1.807) is 34.9 Å². The molecule has 37 heavy (non-hydrogen) atoms. The van der Waals surface area contributed by atoms with Crippen LogP contribution in [0, 0.1) is 11.3 Å². The highest BCUT2D eigenvalue weighted by Gasteiger charge is 2.39. The van der Waals surface area contributed by atoms with Crippen molar-refractivity contribution in [3.63, 3.8) is 0 Å². The Kier molecular flexibility index (Phi) is 6.90. The van der Waals surface area contributed by atoms with Gasteiger partial charge in [-0.1, -0.05) is 54.2 Å². The van der Waals surface area contributed by atoms with Gasteiger partial charge in [-0.2, -0.15) is 5.26 Å². The van der Waals surface area contributed by atoms with Crippen LogP contribution in [0.5, 0.6) is 0 Å². The van der Waals surface area contributed by atoms with Gasteiger partial charge in [0.2, 0.25) is 0 Å². The molecule has 10 heteroatoms. The molecule has 0 radical (unpaired) electrons. The standard InChI is InChI=1S/C27H21N5O3S2/c1-31-21-9-5-6-10-22(21)36-26(31)24-25(35)32(16-17-7-3-2-4-8-17)27(37-24)30-20-13-18(14-28)11-12-19(20)29-15-23(33)34/h2-13,29H,15-16H2,1H3,(H,33,34)/b26-24-,30-27-. The van der Waals surface area contributed by atoms with Crippen LogP contribution in [-0.4, -0.2) is 40.6 Å². The number of para-hydroxylation sites is 1. The van der Waals surface area contributed by atoms with Crippen molar-refractivity contribution in [2.45, 2.75) is 11.4 Å². The van der Waals surface area contributed by atoms with Crippen molar-refractivity contribution < 1.29 is 14.7 Å². The summed E-state index contributed by atoms with van der Waals surface area (Å²) in [6.45, 7) is 0.0119. The van der Waals surface area contributed by atoms with Crippen molar-refractivity contribution in [3.05, 3.63) is 93.9 Å². The molecule has 3 aromatic carbocycles. The zero-order valence-corrected chi connectivity index (χ0v) is 21.3. The van der Waals surface area contributed by atoms with Crippen molar-refractivity contribution >= 4 is 57.6 Å². The summed E-state index contributed by atoms with van der Waals surface area (Å²) >= 11 is 2.82. The van der Waals surface area contributed by atoms with Crippen LogP contribution in [-0.2, 0) is 16.1 Å². The number of nitrogens with zero attached hydrogens (tertiary/aromatic N) is 4. The molecule has 1 fully saturated rings. The summed E-state index contributed by atoms with van der Waals surface area (Å²) in [5, 5.41) is 22.7. The number of carbonyl (C=O) groups excluding carboxylic acids is 1. The van der Waals surface area contributed by atoms with Crippen LogP contribution in [0.25, 0.3) is 0 Å². The number of nitriles is 1. The number of rotatable bonds is 6. The lowest BCUT2D eigenvalue weighted by atomic mass is 10.2. The lowest BCUT2D eigenvalue weighted by Crippen LogP contribution is -2.29. The molecular weight excluding hydrogens is 506 g/mol. The number of anilines is 2. The van der Waals surface area contributed by atoms with E-state index >= 15 is 0 Å². The molecule has 3 aromatic rings. The Bertz CT molecular complexity index is 1500. The van der Waals surface area contributed by atoms with Crippen LogP contribution in [0.3, 0.4) is 0 Å². The molecule has 2 N–H and O–H groups in total. The maximum atomic E-state index is 13.8. The summed E-state index contributed by atoms with van der Waals surface area (Å²) in [5.41, 5.74) is 3.20. The molecule has 5 rings (SSSR count). The number of carbonyl (C=O) groups is 2. The van der Waals surface area contributed by atoms with Crippen molar-refractivity contribution in [2.24, 2.45) is 4.99 Å². The van der Waals surface area contributed by atoms with Gasteiger partial charge in [-0.15, -0.1) is 0 Å². The van der Waals surface area contributed by atoms with E-state index in [1.165, 1.54) is 11.8 Å². The first-order chi connectivity index (χ1) is 17.9. The first-order valence-corrected chi connectivity index (χ1v) is 12.9. The molecule has 184 valence electrons. The van der Waals surface area contributed by atoms with Crippen LogP contribution in [0.2, 0.25) is 0 Å². The average Bonchev–Trinajstić information content (AvgIpc) is 3.40. The molecule has 0 saturated carbocycles. The summed E-state index contributed by atoms with van der Waals surface area (Å²) in [7, 11) is 1.94. The maximum absolute atomic E-state index is 13.8. The minimum absolute atomic E-state index is 0.161. The third-order valence-electron chi connectivity index (χ3n) is 5.75. The van der Waals surface area contributed by atoms with Gasteiger partial charge in [0.15, 0.2) is 5.17 Å². The number of amides is 1. The molecule has 1 saturated heterocycles. The molecule has 2 aliphatic rings. The summed E-state index contributed by atoms with van der Waals surface area (Å²) in [5.74, 6) is -1.18.